The maximum absolute atomic E-state index is 5.99. The van der Waals surface area contributed by atoms with Crippen molar-refractivity contribution in [2.24, 2.45) is 0 Å². The average Bonchev–Trinajstić information content (AvgIpc) is 2.79. The normalized spacial score (nSPS) is 10.4. The highest BCUT2D eigenvalue weighted by molar-refractivity contribution is 7.07. The molecule has 2 heterocycles. The summed E-state index contributed by atoms with van der Waals surface area (Å²) in [5.41, 5.74) is 3.76. The van der Waals surface area contributed by atoms with Crippen molar-refractivity contribution < 1.29 is 0 Å². The number of rotatable bonds is 4. The van der Waals surface area contributed by atoms with Gasteiger partial charge in [0.2, 0.25) is 0 Å². The zero-order valence-electron chi connectivity index (χ0n) is 8.77. The van der Waals surface area contributed by atoms with E-state index in [1.54, 1.807) is 11.3 Å². The summed E-state index contributed by atoms with van der Waals surface area (Å²) in [6, 6.07) is 0. The Morgan fingerprint density at radius 1 is 1.38 bits per heavy atom. The van der Waals surface area contributed by atoms with Crippen LogP contribution in [0.25, 0.3) is 0 Å². The summed E-state index contributed by atoms with van der Waals surface area (Å²) in [5.74, 6) is 0.788. The van der Waals surface area contributed by atoms with E-state index in [1.165, 1.54) is 6.33 Å². The summed E-state index contributed by atoms with van der Waals surface area (Å²) >= 11 is 7.56. The van der Waals surface area contributed by atoms with Gasteiger partial charge in [-0.3, -0.25) is 0 Å². The highest BCUT2D eigenvalue weighted by Gasteiger charge is 2.07. The number of thiazole rings is 1. The van der Waals surface area contributed by atoms with E-state index in [0.717, 1.165) is 23.5 Å². The van der Waals surface area contributed by atoms with Crippen LogP contribution in [-0.4, -0.2) is 15.0 Å². The maximum atomic E-state index is 5.99. The van der Waals surface area contributed by atoms with Gasteiger partial charge < -0.3 is 5.32 Å². The number of nitrogens with one attached hydrogen (secondary N) is 1. The standard InChI is InChI=1S/C10H11ClN4S/c1-2-8-9(11)13-5-14-10(8)12-3-7-4-16-6-15-7/h4-6H,2-3H2,1H3,(H,12,13,14). The first-order valence-corrected chi connectivity index (χ1v) is 6.23. The Morgan fingerprint density at radius 2 is 2.25 bits per heavy atom. The maximum Gasteiger partial charge on any atom is 0.137 e. The van der Waals surface area contributed by atoms with Gasteiger partial charge in [-0.25, -0.2) is 15.0 Å². The van der Waals surface area contributed by atoms with E-state index in [0.29, 0.717) is 11.7 Å². The van der Waals surface area contributed by atoms with E-state index in [4.69, 9.17) is 11.6 Å². The van der Waals surface area contributed by atoms with E-state index < -0.39 is 0 Å². The van der Waals surface area contributed by atoms with E-state index in [1.807, 2.05) is 17.8 Å². The SMILES string of the molecule is CCc1c(Cl)ncnc1NCc1cscn1. The lowest BCUT2D eigenvalue weighted by Gasteiger charge is -2.08. The predicted molar refractivity (Wildman–Crippen MR) is 65.9 cm³/mol. The van der Waals surface area contributed by atoms with Crippen LogP contribution < -0.4 is 5.32 Å². The molecule has 2 aromatic rings. The number of hydrogen-bond acceptors (Lipinski definition) is 5. The van der Waals surface area contributed by atoms with E-state index >= 15 is 0 Å². The molecule has 0 aliphatic heterocycles. The number of nitrogens with zero attached hydrogens (tertiary/aromatic N) is 3. The monoisotopic (exact) mass is 254 g/mol. The molecule has 0 aromatic carbocycles. The van der Waals surface area contributed by atoms with E-state index in [9.17, 15) is 0 Å². The minimum atomic E-state index is 0.512. The predicted octanol–water partition coefficient (Wildman–Crippen LogP) is 2.76. The highest BCUT2D eigenvalue weighted by Crippen LogP contribution is 2.20. The fraction of sp³-hybridized carbons (Fsp3) is 0.300. The molecule has 0 amide bonds. The van der Waals surface area contributed by atoms with Crippen molar-refractivity contribution in [1.29, 1.82) is 0 Å². The van der Waals surface area contributed by atoms with Gasteiger partial charge in [0.25, 0.3) is 0 Å². The number of anilines is 1. The second kappa shape index (κ2) is 5.23. The van der Waals surface area contributed by atoms with Crippen LogP contribution in [0.15, 0.2) is 17.2 Å². The first-order chi connectivity index (χ1) is 7.81. The number of halogens is 1. The Kier molecular flexibility index (Phi) is 3.69. The molecule has 1 N–H and O–H groups in total. The average molecular weight is 255 g/mol. The van der Waals surface area contributed by atoms with E-state index in [2.05, 4.69) is 20.3 Å². The van der Waals surface area contributed by atoms with Gasteiger partial charge in [-0.1, -0.05) is 18.5 Å². The third-order valence-electron chi connectivity index (χ3n) is 2.17. The molecule has 0 saturated carbocycles. The molecule has 0 radical (unpaired) electrons. The lowest BCUT2D eigenvalue weighted by Crippen LogP contribution is -2.05. The minimum Gasteiger partial charge on any atom is -0.364 e. The van der Waals surface area contributed by atoms with Crippen LogP contribution in [0.3, 0.4) is 0 Å². The van der Waals surface area contributed by atoms with Crippen LogP contribution in [0.2, 0.25) is 5.15 Å². The van der Waals surface area contributed by atoms with Crippen molar-refractivity contribution in [1.82, 2.24) is 15.0 Å². The number of hydrogen-bond donors (Lipinski definition) is 1. The fourth-order valence-corrected chi connectivity index (χ4v) is 2.18. The van der Waals surface area contributed by atoms with Gasteiger partial charge in [0.1, 0.15) is 17.3 Å². The molecule has 2 rings (SSSR count). The summed E-state index contributed by atoms with van der Waals surface area (Å²) in [4.78, 5) is 12.3. The van der Waals surface area contributed by atoms with Crippen molar-refractivity contribution in [3.05, 3.63) is 33.6 Å². The molecule has 4 nitrogen and oxygen atoms in total. The lowest BCUT2D eigenvalue weighted by molar-refractivity contribution is 0.995. The molecule has 0 spiro atoms. The van der Waals surface area contributed by atoms with Gasteiger partial charge in [0, 0.05) is 10.9 Å². The van der Waals surface area contributed by atoms with Crippen LogP contribution in [0.5, 0.6) is 0 Å². The van der Waals surface area contributed by atoms with Crippen LogP contribution in [0.4, 0.5) is 5.82 Å². The third-order valence-corrected chi connectivity index (χ3v) is 3.13. The van der Waals surface area contributed by atoms with E-state index in [-0.39, 0.29) is 0 Å². The molecule has 2 aromatic heterocycles. The summed E-state index contributed by atoms with van der Waals surface area (Å²) < 4.78 is 0. The second-order valence-corrected chi connectivity index (χ2v) is 4.26. The van der Waals surface area contributed by atoms with Gasteiger partial charge in [-0.2, -0.15) is 0 Å². The smallest absolute Gasteiger partial charge is 0.137 e. The van der Waals surface area contributed by atoms with Crippen molar-refractivity contribution in [2.75, 3.05) is 5.32 Å². The topological polar surface area (TPSA) is 50.7 Å². The first-order valence-electron chi connectivity index (χ1n) is 4.91. The highest BCUT2D eigenvalue weighted by atomic mass is 35.5. The fourth-order valence-electron chi connectivity index (χ4n) is 1.36. The zero-order valence-corrected chi connectivity index (χ0v) is 10.3. The third kappa shape index (κ3) is 2.48. The first kappa shape index (κ1) is 11.3. The van der Waals surface area contributed by atoms with Crippen LogP contribution in [0.1, 0.15) is 18.2 Å². The van der Waals surface area contributed by atoms with Crippen LogP contribution >= 0.6 is 22.9 Å². The molecule has 84 valence electrons. The summed E-state index contributed by atoms with van der Waals surface area (Å²) in [6.45, 7) is 2.68. The Labute approximate surface area is 103 Å². The van der Waals surface area contributed by atoms with Gasteiger partial charge in [0.05, 0.1) is 17.7 Å². The van der Waals surface area contributed by atoms with Crippen molar-refractivity contribution in [2.45, 2.75) is 19.9 Å². The second-order valence-electron chi connectivity index (χ2n) is 3.18. The quantitative estimate of drug-likeness (QED) is 0.853. The van der Waals surface area contributed by atoms with Gasteiger partial charge in [-0.15, -0.1) is 11.3 Å². The Balaban J connectivity index is 2.12. The molecule has 0 aliphatic carbocycles. The largest absolute Gasteiger partial charge is 0.364 e. The van der Waals surface area contributed by atoms with Gasteiger partial charge in [0.15, 0.2) is 0 Å². The van der Waals surface area contributed by atoms with Gasteiger partial charge in [-0.05, 0) is 6.42 Å². The molecular weight excluding hydrogens is 244 g/mol. The molecule has 0 unspecified atom stereocenters. The summed E-state index contributed by atoms with van der Waals surface area (Å²) in [7, 11) is 0. The molecule has 0 aliphatic rings. The van der Waals surface area contributed by atoms with Gasteiger partial charge >= 0.3 is 0 Å². The summed E-state index contributed by atoms with van der Waals surface area (Å²) in [5, 5.41) is 5.73. The van der Waals surface area contributed by atoms with Crippen LogP contribution in [0, 0.1) is 0 Å². The Bertz CT molecular complexity index is 458. The van der Waals surface area contributed by atoms with Crippen LogP contribution in [-0.2, 0) is 13.0 Å². The van der Waals surface area contributed by atoms with Crippen molar-refractivity contribution >= 4 is 28.8 Å². The lowest BCUT2D eigenvalue weighted by atomic mass is 10.2. The molecule has 16 heavy (non-hydrogen) atoms. The molecule has 0 saturated heterocycles. The molecule has 0 fully saturated rings. The Hall–Kier alpha value is -1.20. The summed E-state index contributed by atoms with van der Waals surface area (Å²) in [6.07, 6.45) is 2.27. The molecule has 0 atom stereocenters. The Morgan fingerprint density at radius 3 is 2.94 bits per heavy atom. The number of aromatic nitrogens is 3. The minimum absolute atomic E-state index is 0.512. The molecular formula is C10H11ClN4S. The van der Waals surface area contributed by atoms with Crippen molar-refractivity contribution in [3.63, 3.8) is 0 Å². The van der Waals surface area contributed by atoms with Crippen molar-refractivity contribution in [3.8, 4) is 0 Å². The zero-order chi connectivity index (χ0) is 11.4. The molecule has 0 bridgehead atoms. The molecule has 6 heteroatoms.